The molecule has 4 nitrogen and oxygen atoms in total. The first-order valence-corrected chi connectivity index (χ1v) is 7.96. The van der Waals surface area contributed by atoms with E-state index in [9.17, 15) is 0 Å². The summed E-state index contributed by atoms with van der Waals surface area (Å²) in [7, 11) is 1.64. The molecule has 1 aliphatic carbocycles. The number of guanidine groups is 1. The van der Waals surface area contributed by atoms with Crippen molar-refractivity contribution in [2.75, 3.05) is 19.0 Å². The highest BCUT2D eigenvalue weighted by Crippen LogP contribution is 2.48. The molecule has 0 atom stereocenters. The predicted molar refractivity (Wildman–Crippen MR) is 95.5 cm³/mol. The summed E-state index contributed by atoms with van der Waals surface area (Å²) in [5.74, 6) is 1.20. The predicted octanol–water partition coefficient (Wildman–Crippen LogP) is 3.81. The van der Waals surface area contributed by atoms with E-state index in [0.717, 1.165) is 29.3 Å². The van der Waals surface area contributed by atoms with Crippen LogP contribution in [0.4, 0.5) is 5.69 Å². The number of aliphatic imine (C=N–C) groups is 1. The van der Waals surface area contributed by atoms with Crippen molar-refractivity contribution in [1.82, 2.24) is 0 Å². The van der Waals surface area contributed by atoms with Crippen LogP contribution in [0.1, 0.15) is 18.4 Å². The van der Waals surface area contributed by atoms with Gasteiger partial charge in [0.2, 0.25) is 0 Å². The Morgan fingerprint density at radius 3 is 2.65 bits per heavy atom. The maximum atomic E-state index is 6.01. The van der Waals surface area contributed by atoms with E-state index in [1.807, 2.05) is 36.4 Å². The molecule has 0 saturated heterocycles. The Labute approximate surface area is 141 Å². The highest BCUT2D eigenvalue weighted by Gasteiger charge is 2.44. The molecule has 23 heavy (non-hydrogen) atoms. The summed E-state index contributed by atoms with van der Waals surface area (Å²) in [4.78, 5) is 4.52. The van der Waals surface area contributed by atoms with Crippen LogP contribution in [0.15, 0.2) is 53.5 Å². The Morgan fingerprint density at radius 1 is 1.26 bits per heavy atom. The lowest BCUT2D eigenvalue weighted by molar-refractivity contribution is 0.415. The number of hydrogen-bond donors (Lipinski definition) is 2. The Morgan fingerprint density at radius 2 is 2.00 bits per heavy atom. The topological polar surface area (TPSA) is 59.6 Å². The molecule has 0 amide bonds. The van der Waals surface area contributed by atoms with Gasteiger partial charge in [-0.3, -0.25) is 4.99 Å². The maximum Gasteiger partial charge on any atom is 0.193 e. The number of ether oxygens (including phenoxy) is 1. The zero-order chi connectivity index (χ0) is 16.3. The van der Waals surface area contributed by atoms with Crippen LogP contribution in [0.3, 0.4) is 0 Å². The van der Waals surface area contributed by atoms with E-state index in [1.165, 1.54) is 5.56 Å². The molecule has 120 valence electrons. The Balaban J connectivity index is 1.66. The summed E-state index contributed by atoms with van der Waals surface area (Å²) in [5, 5.41) is 3.86. The fourth-order valence-electron chi connectivity index (χ4n) is 2.62. The highest BCUT2D eigenvalue weighted by molar-refractivity contribution is 6.30. The molecule has 0 radical (unpaired) electrons. The highest BCUT2D eigenvalue weighted by atomic mass is 35.5. The molecular weight excluding hydrogens is 310 g/mol. The van der Waals surface area contributed by atoms with Crippen LogP contribution in [0, 0.1) is 0 Å². The van der Waals surface area contributed by atoms with E-state index >= 15 is 0 Å². The number of anilines is 1. The molecule has 0 aliphatic heterocycles. The fourth-order valence-corrected chi connectivity index (χ4v) is 2.74. The molecule has 1 aliphatic rings. The molecule has 0 unspecified atom stereocenters. The first-order chi connectivity index (χ1) is 11.1. The van der Waals surface area contributed by atoms with Gasteiger partial charge in [0.05, 0.1) is 13.7 Å². The van der Waals surface area contributed by atoms with E-state index < -0.39 is 0 Å². The van der Waals surface area contributed by atoms with Gasteiger partial charge < -0.3 is 15.8 Å². The standard InChI is InChI=1S/C18H20ClN3O/c1-23-16-4-2-3-15(11-16)22-17(20)21-12-18(9-10-18)13-5-7-14(19)8-6-13/h2-8,11H,9-10,12H2,1H3,(H3,20,21,22). The van der Waals surface area contributed by atoms with Crippen molar-refractivity contribution in [2.24, 2.45) is 10.7 Å². The Kier molecular flexibility index (Phi) is 4.44. The van der Waals surface area contributed by atoms with Gasteiger partial charge in [0.25, 0.3) is 0 Å². The van der Waals surface area contributed by atoms with Gasteiger partial charge in [0.1, 0.15) is 5.75 Å². The minimum atomic E-state index is 0.116. The summed E-state index contributed by atoms with van der Waals surface area (Å²) >= 11 is 5.96. The zero-order valence-electron chi connectivity index (χ0n) is 13.1. The van der Waals surface area contributed by atoms with Gasteiger partial charge in [-0.25, -0.2) is 0 Å². The van der Waals surface area contributed by atoms with Crippen LogP contribution < -0.4 is 15.8 Å². The molecule has 2 aromatic rings. The van der Waals surface area contributed by atoms with E-state index in [4.69, 9.17) is 22.1 Å². The minimum Gasteiger partial charge on any atom is -0.497 e. The molecule has 0 aromatic heterocycles. The van der Waals surface area contributed by atoms with Crippen LogP contribution in [0.25, 0.3) is 0 Å². The lowest BCUT2D eigenvalue weighted by Crippen LogP contribution is -2.24. The maximum absolute atomic E-state index is 6.01. The molecule has 1 saturated carbocycles. The quantitative estimate of drug-likeness (QED) is 0.648. The second kappa shape index (κ2) is 6.50. The van der Waals surface area contributed by atoms with Crippen molar-refractivity contribution in [3.05, 3.63) is 59.1 Å². The number of nitrogens with zero attached hydrogens (tertiary/aromatic N) is 1. The SMILES string of the molecule is COc1cccc(NC(N)=NCC2(c3ccc(Cl)cc3)CC2)c1. The number of benzene rings is 2. The van der Waals surface area contributed by atoms with Crippen LogP contribution in [-0.2, 0) is 5.41 Å². The summed E-state index contributed by atoms with van der Waals surface area (Å²) < 4.78 is 5.20. The average molecular weight is 330 g/mol. The molecule has 0 spiro atoms. The largest absolute Gasteiger partial charge is 0.497 e. The molecule has 2 aromatic carbocycles. The number of rotatable bonds is 5. The van der Waals surface area contributed by atoms with Gasteiger partial charge in [-0.15, -0.1) is 0 Å². The van der Waals surface area contributed by atoms with Gasteiger partial charge in [-0.05, 0) is 42.7 Å². The third kappa shape index (κ3) is 3.77. The first-order valence-electron chi connectivity index (χ1n) is 7.58. The van der Waals surface area contributed by atoms with Crippen LogP contribution >= 0.6 is 11.6 Å². The molecular formula is C18H20ClN3O. The lowest BCUT2D eigenvalue weighted by Gasteiger charge is -2.14. The Bertz CT molecular complexity index is 708. The molecule has 3 rings (SSSR count). The number of nitrogens with two attached hydrogens (primary N) is 1. The average Bonchev–Trinajstić information content (AvgIpc) is 3.35. The Hall–Kier alpha value is -2.20. The van der Waals surface area contributed by atoms with Gasteiger partial charge in [0.15, 0.2) is 5.96 Å². The van der Waals surface area contributed by atoms with E-state index in [1.54, 1.807) is 7.11 Å². The van der Waals surface area contributed by atoms with E-state index in [0.29, 0.717) is 12.5 Å². The molecule has 3 N–H and O–H groups in total. The van der Waals surface area contributed by atoms with E-state index in [2.05, 4.69) is 22.4 Å². The number of methoxy groups -OCH3 is 1. The normalized spacial score (nSPS) is 16.0. The molecule has 0 heterocycles. The second-order valence-electron chi connectivity index (χ2n) is 5.85. The van der Waals surface area contributed by atoms with E-state index in [-0.39, 0.29) is 5.41 Å². The van der Waals surface area contributed by atoms with Crippen molar-refractivity contribution in [3.8, 4) is 5.75 Å². The monoisotopic (exact) mass is 329 g/mol. The van der Waals surface area contributed by atoms with Crippen LogP contribution in [-0.4, -0.2) is 19.6 Å². The van der Waals surface area contributed by atoms with Crippen LogP contribution in [0.2, 0.25) is 5.02 Å². The van der Waals surface area contributed by atoms with Gasteiger partial charge in [-0.1, -0.05) is 29.8 Å². The summed E-state index contributed by atoms with van der Waals surface area (Å²) in [5.41, 5.74) is 8.27. The third-order valence-electron chi connectivity index (χ3n) is 4.20. The number of halogens is 1. The number of nitrogens with one attached hydrogen (secondary N) is 1. The molecule has 0 bridgehead atoms. The second-order valence-corrected chi connectivity index (χ2v) is 6.28. The van der Waals surface area contributed by atoms with Crippen molar-refractivity contribution in [1.29, 1.82) is 0 Å². The minimum absolute atomic E-state index is 0.116. The van der Waals surface area contributed by atoms with Crippen LogP contribution in [0.5, 0.6) is 5.75 Å². The molecule has 1 fully saturated rings. The van der Waals surface area contributed by atoms with Crippen molar-refractivity contribution < 1.29 is 4.74 Å². The fraction of sp³-hybridized carbons (Fsp3) is 0.278. The summed E-state index contributed by atoms with van der Waals surface area (Å²) in [6, 6.07) is 15.6. The zero-order valence-corrected chi connectivity index (χ0v) is 13.8. The summed E-state index contributed by atoms with van der Waals surface area (Å²) in [6.45, 7) is 0.678. The first kappa shape index (κ1) is 15.7. The van der Waals surface area contributed by atoms with Gasteiger partial charge in [0, 0.05) is 22.2 Å². The molecule has 5 heteroatoms. The number of hydrogen-bond acceptors (Lipinski definition) is 2. The summed E-state index contributed by atoms with van der Waals surface area (Å²) in [6.07, 6.45) is 2.26. The lowest BCUT2D eigenvalue weighted by atomic mass is 9.96. The van der Waals surface area contributed by atoms with Crippen molar-refractivity contribution >= 4 is 23.2 Å². The smallest absolute Gasteiger partial charge is 0.193 e. The van der Waals surface area contributed by atoms with Crippen molar-refractivity contribution in [3.63, 3.8) is 0 Å². The van der Waals surface area contributed by atoms with Crippen molar-refractivity contribution in [2.45, 2.75) is 18.3 Å². The van der Waals surface area contributed by atoms with Gasteiger partial charge in [-0.2, -0.15) is 0 Å². The van der Waals surface area contributed by atoms with Gasteiger partial charge >= 0.3 is 0 Å². The third-order valence-corrected chi connectivity index (χ3v) is 4.46.